The lowest BCUT2D eigenvalue weighted by molar-refractivity contribution is 0.340. The zero-order valence-electron chi connectivity index (χ0n) is 13.5. The highest BCUT2D eigenvalue weighted by atomic mass is 32.2. The largest absolute Gasteiger partial charge is 0.494 e. The maximum Gasteiger partial charge on any atom is 0.276 e. The molecule has 126 valence electrons. The highest BCUT2D eigenvalue weighted by molar-refractivity contribution is 7.89. The van der Waals surface area contributed by atoms with E-state index in [4.69, 9.17) is 4.74 Å². The number of rotatable bonds is 5. The molecule has 0 heterocycles. The van der Waals surface area contributed by atoms with Crippen LogP contribution in [0.3, 0.4) is 0 Å². The zero-order chi connectivity index (χ0) is 17.0. The normalized spacial score (nSPS) is 15.8. The number of aryl methyl sites for hydroxylation is 1. The molecule has 0 aliphatic heterocycles. The molecule has 0 atom stereocenters. The second-order valence-electron chi connectivity index (χ2n) is 5.62. The minimum absolute atomic E-state index is 0.173. The molecule has 0 saturated heterocycles. The van der Waals surface area contributed by atoms with Crippen LogP contribution in [0.5, 0.6) is 5.75 Å². The smallest absolute Gasteiger partial charge is 0.276 e. The fourth-order valence-electron chi connectivity index (χ4n) is 2.72. The van der Waals surface area contributed by atoms with Crippen molar-refractivity contribution < 1.29 is 13.2 Å². The Morgan fingerprint density at radius 2 is 1.75 bits per heavy atom. The molecule has 2 aromatic rings. The lowest BCUT2D eigenvalue weighted by Gasteiger charge is -2.17. The van der Waals surface area contributed by atoms with Crippen LogP contribution in [0.15, 0.2) is 58.5 Å². The van der Waals surface area contributed by atoms with E-state index >= 15 is 0 Å². The van der Waals surface area contributed by atoms with Crippen LogP contribution < -0.4 is 9.57 Å². The van der Waals surface area contributed by atoms with Crippen LogP contribution in [-0.4, -0.2) is 20.7 Å². The number of fused-ring (bicyclic) bond motifs is 1. The number of hydrogen-bond acceptors (Lipinski definition) is 4. The molecule has 2 aromatic carbocycles. The van der Waals surface area contributed by atoms with Gasteiger partial charge in [0.2, 0.25) is 0 Å². The molecule has 3 rings (SSSR count). The molecule has 0 fully saturated rings. The van der Waals surface area contributed by atoms with Crippen molar-refractivity contribution in [3.8, 4) is 5.75 Å². The summed E-state index contributed by atoms with van der Waals surface area (Å²) >= 11 is 0. The molecule has 0 unspecified atom stereocenters. The van der Waals surface area contributed by atoms with Crippen LogP contribution in [0.2, 0.25) is 0 Å². The maximum absolute atomic E-state index is 12.3. The van der Waals surface area contributed by atoms with Crippen LogP contribution in [0.1, 0.15) is 24.5 Å². The molecular formula is C18H20N2O3S. The van der Waals surface area contributed by atoms with Gasteiger partial charge in [-0.15, -0.1) is 0 Å². The Morgan fingerprint density at radius 3 is 2.46 bits per heavy atom. The second-order valence-corrected chi connectivity index (χ2v) is 7.28. The van der Waals surface area contributed by atoms with Crippen molar-refractivity contribution in [2.75, 3.05) is 6.61 Å². The van der Waals surface area contributed by atoms with Gasteiger partial charge in [0, 0.05) is 12.1 Å². The van der Waals surface area contributed by atoms with Gasteiger partial charge < -0.3 is 4.74 Å². The maximum atomic E-state index is 12.3. The first kappa shape index (κ1) is 16.5. The summed E-state index contributed by atoms with van der Waals surface area (Å²) in [5, 5.41) is 4.14. The molecule has 6 heteroatoms. The summed E-state index contributed by atoms with van der Waals surface area (Å²) in [6.45, 7) is 2.42. The van der Waals surface area contributed by atoms with Gasteiger partial charge in [-0.05, 0) is 55.2 Å². The molecule has 1 aliphatic rings. The molecule has 0 amide bonds. The van der Waals surface area contributed by atoms with E-state index in [0.29, 0.717) is 18.8 Å². The van der Waals surface area contributed by atoms with Gasteiger partial charge >= 0.3 is 0 Å². The Balaban J connectivity index is 1.71. The Labute approximate surface area is 142 Å². The number of ether oxygens (including phenoxy) is 1. The Morgan fingerprint density at radius 1 is 1.04 bits per heavy atom. The van der Waals surface area contributed by atoms with Crippen molar-refractivity contribution in [1.29, 1.82) is 0 Å². The third-order valence-electron chi connectivity index (χ3n) is 3.96. The summed E-state index contributed by atoms with van der Waals surface area (Å²) < 4.78 is 30.0. The lowest BCUT2D eigenvalue weighted by atomic mass is 9.90. The first-order valence-corrected chi connectivity index (χ1v) is 9.43. The average molecular weight is 344 g/mol. The number of benzene rings is 2. The number of sulfonamides is 1. The van der Waals surface area contributed by atoms with Crippen LogP contribution in [0.4, 0.5) is 0 Å². The quantitative estimate of drug-likeness (QED) is 0.848. The molecule has 0 aromatic heterocycles. The third-order valence-corrected chi connectivity index (χ3v) is 5.19. The summed E-state index contributed by atoms with van der Waals surface area (Å²) in [6.07, 6.45) is 2.34. The molecular weight excluding hydrogens is 324 g/mol. The van der Waals surface area contributed by atoms with E-state index in [1.807, 2.05) is 19.1 Å². The van der Waals surface area contributed by atoms with Crippen LogP contribution in [-0.2, 0) is 22.9 Å². The standard InChI is InChI=1S/C18H20N2O3S/c1-2-23-17-9-11-18(12-10-17)24(21,22)20-19-16-8-7-14-5-3-4-6-15(14)13-16/h3-6,9-12,20H,2,7-8,13H2,1H3. The monoisotopic (exact) mass is 344 g/mol. The number of hydrazone groups is 1. The van der Waals surface area contributed by atoms with E-state index in [1.54, 1.807) is 12.1 Å². The van der Waals surface area contributed by atoms with Crippen molar-refractivity contribution in [1.82, 2.24) is 4.83 Å². The van der Waals surface area contributed by atoms with E-state index in [-0.39, 0.29) is 4.90 Å². The molecule has 24 heavy (non-hydrogen) atoms. The van der Waals surface area contributed by atoms with Gasteiger partial charge in [0.25, 0.3) is 10.0 Å². The first-order valence-electron chi connectivity index (χ1n) is 7.95. The SMILES string of the molecule is CCOc1ccc(S(=O)(=O)NN=C2CCc3ccccc3C2)cc1. The van der Waals surface area contributed by atoms with Crippen molar-refractivity contribution in [2.45, 2.75) is 31.1 Å². The summed E-state index contributed by atoms with van der Waals surface area (Å²) in [4.78, 5) is 2.52. The van der Waals surface area contributed by atoms with Gasteiger partial charge in [-0.2, -0.15) is 13.5 Å². The zero-order valence-corrected chi connectivity index (χ0v) is 14.3. The Bertz CT molecular complexity index is 843. The van der Waals surface area contributed by atoms with Crippen molar-refractivity contribution >= 4 is 15.7 Å². The van der Waals surface area contributed by atoms with E-state index in [0.717, 1.165) is 18.6 Å². The second kappa shape index (κ2) is 7.05. The molecule has 5 nitrogen and oxygen atoms in total. The molecule has 1 N–H and O–H groups in total. The third kappa shape index (κ3) is 3.76. The average Bonchev–Trinajstić information content (AvgIpc) is 2.61. The van der Waals surface area contributed by atoms with Gasteiger partial charge in [-0.3, -0.25) is 0 Å². The topological polar surface area (TPSA) is 67.8 Å². The highest BCUT2D eigenvalue weighted by Crippen LogP contribution is 2.20. The van der Waals surface area contributed by atoms with Crippen LogP contribution >= 0.6 is 0 Å². The predicted octanol–water partition coefficient (Wildman–Crippen LogP) is 2.91. The Kier molecular flexibility index (Phi) is 4.85. The van der Waals surface area contributed by atoms with Gasteiger partial charge in [-0.25, -0.2) is 4.83 Å². The predicted molar refractivity (Wildman–Crippen MR) is 93.8 cm³/mol. The number of nitrogens with zero attached hydrogens (tertiary/aromatic N) is 1. The fourth-order valence-corrected chi connectivity index (χ4v) is 3.56. The van der Waals surface area contributed by atoms with Gasteiger partial charge in [0.05, 0.1) is 11.5 Å². The summed E-state index contributed by atoms with van der Waals surface area (Å²) in [7, 11) is -3.66. The van der Waals surface area contributed by atoms with Crippen molar-refractivity contribution in [3.05, 3.63) is 59.7 Å². The van der Waals surface area contributed by atoms with Crippen LogP contribution in [0.25, 0.3) is 0 Å². The summed E-state index contributed by atoms with van der Waals surface area (Å²) in [5.74, 6) is 0.645. The van der Waals surface area contributed by atoms with Crippen molar-refractivity contribution in [2.24, 2.45) is 5.10 Å². The first-order chi connectivity index (χ1) is 11.6. The van der Waals surface area contributed by atoms with E-state index in [1.165, 1.54) is 23.3 Å². The molecule has 0 saturated carbocycles. The molecule has 1 aliphatic carbocycles. The van der Waals surface area contributed by atoms with Gasteiger partial charge in [0.15, 0.2) is 0 Å². The lowest BCUT2D eigenvalue weighted by Crippen LogP contribution is -2.23. The molecule has 0 radical (unpaired) electrons. The van der Waals surface area contributed by atoms with E-state index in [9.17, 15) is 8.42 Å². The minimum atomic E-state index is -3.66. The number of hydrogen-bond donors (Lipinski definition) is 1. The summed E-state index contributed by atoms with van der Waals surface area (Å²) in [5.41, 5.74) is 3.37. The fraction of sp³-hybridized carbons (Fsp3) is 0.278. The van der Waals surface area contributed by atoms with E-state index in [2.05, 4.69) is 22.1 Å². The molecule has 0 spiro atoms. The van der Waals surface area contributed by atoms with Crippen molar-refractivity contribution in [3.63, 3.8) is 0 Å². The highest BCUT2D eigenvalue weighted by Gasteiger charge is 2.16. The minimum Gasteiger partial charge on any atom is -0.494 e. The van der Waals surface area contributed by atoms with Gasteiger partial charge in [-0.1, -0.05) is 24.3 Å². The Hall–Kier alpha value is -2.34. The summed E-state index contributed by atoms with van der Waals surface area (Å²) in [6, 6.07) is 14.5. The van der Waals surface area contributed by atoms with E-state index < -0.39 is 10.0 Å². The molecule has 0 bridgehead atoms. The van der Waals surface area contributed by atoms with Gasteiger partial charge in [0.1, 0.15) is 5.75 Å². The number of nitrogens with one attached hydrogen (secondary N) is 1. The van der Waals surface area contributed by atoms with Crippen LogP contribution in [0, 0.1) is 0 Å².